The average Bonchev–Trinajstić information content (AvgIpc) is 2.38. The number of rotatable bonds is 9. The lowest BCUT2D eigenvalue weighted by Gasteiger charge is -2.20. The summed E-state index contributed by atoms with van der Waals surface area (Å²) in [5, 5.41) is 0. The Hall–Kier alpha value is -1.31. The molecule has 0 spiro atoms. The van der Waals surface area contributed by atoms with E-state index in [9.17, 15) is 8.42 Å². The first kappa shape index (κ1) is 17.7. The van der Waals surface area contributed by atoms with E-state index >= 15 is 0 Å². The van der Waals surface area contributed by atoms with Gasteiger partial charge in [0.15, 0.2) is 0 Å². The van der Waals surface area contributed by atoms with Crippen molar-refractivity contribution in [2.24, 2.45) is 0 Å². The molecule has 0 aromatic heterocycles. The Balaban J connectivity index is 2.30. The number of nitrogens with zero attached hydrogens (tertiary/aromatic N) is 1. The molecule has 0 saturated heterocycles. The van der Waals surface area contributed by atoms with Crippen molar-refractivity contribution in [2.45, 2.75) is 19.9 Å². The van der Waals surface area contributed by atoms with Crippen LogP contribution >= 0.6 is 0 Å². The van der Waals surface area contributed by atoms with E-state index in [0.717, 1.165) is 0 Å². The van der Waals surface area contributed by atoms with E-state index in [4.69, 9.17) is 10.5 Å². The maximum absolute atomic E-state index is 11.8. The second kappa shape index (κ2) is 8.21. The average molecular weight is 315 g/mol. The fraction of sp³-hybridized carbons (Fsp3) is 0.571. The van der Waals surface area contributed by atoms with E-state index < -0.39 is 10.0 Å². The van der Waals surface area contributed by atoms with Gasteiger partial charge in [0.1, 0.15) is 12.4 Å². The van der Waals surface area contributed by atoms with Gasteiger partial charge in [0.25, 0.3) is 0 Å². The molecule has 21 heavy (non-hydrogen) atoms. The number of sulfonamides is 1. The number of hydrogen-bond acceptors (Lipinski definition) is 5. The molecule has 0 saturated carbocycles. The first-order chi connectivity index (χ1) is 9.80. The maximum Gasteiger partial charge on any atom is 0.214 e. The topological polar surface area (TPSA) is 84.7 Å². The van der Waals surface area contributed by atoms with Crippen LogP contribution in [0, 0.1) is 0 Å². The molecule has 0 atom stereocenters. The molecular weight excluding hydrogens is 290 g/mol. The Morgan fingerprint density at radius 1 is 1.38 bits per heavy atom. The van der Waals surface area contributed by atoms with E-state index in [1.807, 2.05) is 7.05 Å². The van der Waals surface area contributed by atoms with Gasteiger partial charge in [-0.3, -0.25) is 0 Å². The molecule has 0 aliphatic carbocycles. The summed E-state index contributed by atoms with van der Waals surface area (Å²) in [6.07, 6.45) is 0. The molecule has 6 nitrogen and oxygen atoms in total. The van der Waals surface area contributed by atoms with Gasteiger partial charge in [-0.05, 0) is 33.0 Å². The molecule has 1 rings (SSSR count). The highest BCUT2D eigenvalue weighted by molar-refractivity contribution is 7.89. The number of benzene rings is 1. The normalized spacial score (nSPS) is 12.0. The van der Waals surface area contributed by atoms with Crippen molar-refractivity contribution in [2.75, 3.05) is 38.2 Å². The zero-order valence-electron chi connectivity index (χ0n) is 12.9. The van der Waals surface area contributed by atoms with Gasteiger partial charge in [-0.2, -0.15) is 0 Å². The minimum absolute atomic E-state index is 0.0762. The Bertz CT molecular complexity index is 532. The van der Waals surface area contributed by atoms with Crippen molar-refractivity contribution in [3.63, 3.8) is 0 Å². The van der Waals surface area contributed by atoms with Crippen molar-refractivity contribution in [1.29, 1.82) is 0 Å². The van der Waals surface area contributed by atoms with Gasteiger partial charge in [-0.15, -0.1) is 0 Å². The van der Waals surface area contributed by atoms with E-state index in [1.54, 1.807) is 24.3 Å². The summed E-state index contributed by atoms with van der Waals surface area (Å²) in [6.45, 7) is 5.29. The van der Waals surface area contributed by atoms with Crippen molar-refractivity contribution in [1.82, 2.24) is 9.62 Å². The molecular formula is C14H25N3O3S. The van der Waals surface area contributed by atoms with Crippen LogP contribution in [0.1, 0.15) is 13.8 Å². The van der Waals surface area contributed by atoms with Gasteiger partial charge in [0.2, 0.25) is 10.0 Å². The van der Waals surface area contributed by atoms with Crippen LogP contribution in [-0.4, -0.2) is 51.9 Å². The van der Waals surface area contributed by atoms with Gasteiger partial charge in [0.05, 0.1) is 5.75 Å². The zero-order chi connectivity index (χ0) is 15.9. The highest BCUT2D eigenvalue weighted by atomic mass is 32.2. The summed E-state index contributed by atoms with van der Waals surface area (Å²) in [6, 6.07) is 7.31. The summed E-state index contributed by atoms with van der Waals surface area (Å²) in [5.74, 6) is 0.498. The van der Waals surface area contributed by atoms with Crippen molar-refractivity contribution in [3.8, 4) is 5.75 Å². The minimum Gasteiger partial charge on any atom is -0.492 e. The lowest BCUT2D eigenvalue weighted by atomic mass is 10.3. The monoisotopic (exact) mass is 315 g/mol. The SMILES string of the molecule is CC(C)N(C)CCNS(=O)(=O)CCOc1cccc(N)c1. The van der Waals surface area contributed by atoms with E-state index in [-0.39, 0.29) is 12.4 Å². The molecule has 0 bridgehead atoms. The van der Waals surface area contributed by atoms with Crippen LogP contribution in [0.5, 0.6) is 5.75 Å². The Morgan fingerprint density at radius 3 is 2.71 bits per heavy atom. The third-order valence-electron chi connectivity index (χ3n) is 3.15. The molecule has 0 radical (unpaired) electrons. The van der Waals surface area contributed by atoms with Crippen LogP contribution < -0.4 is 15.2 Å². The number of nitrogens with one attached hydrogen (secondary N) is 1. The van der Waals surface area contributed by atoms with Gasteiger partial charge < -0.3 is 15.4 Å². The standard InChI is InChI=1S/C14H25N3O3S/c1-12(2)17(3)8-7-16-21(18,19)10-9-20-14-6-4-5-13(15)11-14/h4-6,11-12,16H,7-10,15H2,1-3H3. The van der Waals surface area contributed by atoms with Gasteiger partial charge >= 0.3 is 0 Å². The minimum atomic E-state index is -3.32. The van der Waals surface area contributed by atoms with E-state index in [1.165, 1.54) is 0 Å². The molecule has 120 valence electrons. The highest BCUT2D eigenvalue weighted by Gasteiger charge is 2.11. The lowest BCUT2D eigenvalue weighted by Crippen LogP contribution is -2.37. The molecule has 0 heterocycles. The smallest absolute Gasteiger partial charge is 0.214 e. The van der Waals surface area contributed by atoms with Crippen molar-refractivity contribution in [3.05, 3.63) is 24.3 Å². The van der Waals surface area contributed by atoms with Crippen LogP contribution in [0.15, 0.2) is 24.3 Å². The third-order valence-corrected chi connectivity index (χ3v) is 4.49. The number of nitrogens with two attached hydrogens (primary N) is 1. The van der Waals surface area contributed by atoms with Crippen LogP contribution in [0.2, 0.25) is 0 Å². The van der Waals surface area contributed by atoms with E-state index in [2.05, 4.69) is 23.5 Å². The predicted octanol–water partition coefficient (Wildman–Crippen LogP) is 0.907. The third kappa shape index (κ3) is 7.31. The molecule has 0 aliphatic heterocycles. The quantitative estimate of drug-likeness (QED) is 0.662. The molecule has 0 aliphatic rings. The van der Waals surface area contributed by atoms with Crippen molar-refractivity contribution < 1.29 is 13.2 Å². The fourth-order valence-electron chi connectivity index (χ4n) is 1.58. The van der Waals surface area contributed by atoms with Gasteiger partial charge in [0, 0.05) is 30.9 Å². The molecule has 3 N–H and O–H groups in total. The van der Waals surface area contributed by atoms with Crippen LogP contribution in [0.25, 0.3) is 0 Å². The maximum atomic E-state index is 11.8. The van der Waals surface area contributed by atoms with Gasteiger partial charge in [-0.1, -0.05) is 6.07 Å². The number of anilines is 1. The Labute approximate surface area is 127 Å². The molecule has 7 heteroatoms. The summed E-state index contributed by atoms with van der Waals surface area (Å²) in [5.41, 5.74) is 6.21. The highest BCUT2D eigenvalue weighted by Crippen LogP contribution is 2.14. The summed E-state index contributed by atoms with van der Waals surface area (Å²) in [4.78, 5) is 2.08. The van der Waals surface area contributed by atoms with Crippen LogP contribution in [0.3, 0.4) is 0 Å². The molecule has 1 aromatic rings. The number of likely N-dealkylation sites (N-methyl/N-ethyl adjacent to an activating group) is 1. The second-order valence-electron chi connectivity index (χ2n) is 5.21. The first-order valence-corrected chi connectivity index (χ1v) is 8.61. The summed E-state index contributed by atoms with van der Waals surface area (Å²) in [7, 11) is -1.36. The number of ether oxygens (including phenoxy) is 1. The Morgan fingerprint density at radius 2 is 2.10 bits per heavy atom. The van der Waals surface area contributed by atoms with Crippen molar-refractivity contribution >= 4 is 15.7 Å². The number of hydrogen-bond donors (Lipinski definition) is 2. The molecule has 0 amide bonds. The number of nitrogen functional groups attached to an aromatic ring is 1. The van der Waals surface area contributed by atoms with Crippen LogP contribution in [0.4, 0.5) is 5.69 Å². The molecule has 1 aromatic carbocycles. The predicted molar refractivity (Wildman–Crippen MR) is 85.9 cm³/mol. The summed E-state index contributed by atoms with van der Waals surface area (Å²) < 4.78 is 31.6. The lowest BCUT2D eigenvalue weighted by molar-refractivity contribution is 0.278. The first-order valence-electron chi connectivity index (χ1n) is 6.96. The molecule has 0 fully saturated rings. The summed E-state index contributed by atoms with van der Waals surface area (Å²) >= 11 is 0. The Kier molecular flexibility index (Phi) is 6.94. The van der Waals surface area contributed by atoms with E-state index in [0.29, 0.717) is 30.6 Å². The fourth-order valence-corrected chi connectivity index (χ4v) is 2.43. The zero-order valence-corrected chi connectivity index (χ0v) is 13.7. The van der Waals surface area contributed by atoms with Gasteiger partial charge in [-0.25, -0.2) is 13.1 Å². The second-order valence-corrected chi connectivity index (χ2v) is 7.13. The largest absolute Gasteiger partial charge is 0.492 e. The molecule has 0 unspecified atom stereocenters. The van der Waals surface area contributed by atoms with Crippen LogP contribution in [-0.2, 0) is 10.0 Å².